The molecule has 1 unspecified atom stereocenters. The number of aldehydes is 1. The van der Waals surface area contributed by atoms with Crippen molar-refractivity contribution in [2.75, 3.05) is 0 Å². The van der Waals surface area contributed by atoms with Crippen molar-refractivity contribution >= 4 is 6.29 Å². The van der Waals surface area contributed by atoms with Gasteiger partial charge in [0, 0.05) is 23.2 Å². The zero-order valence-electron chi connectivity index (χ0n) is 9.95. The lowest BCUT2D eigenvalue weighted by Gasteiger charge is -2.15. The van der Waals surface area contributed by atoms with Gasteiger partial charge in [0.05, 0.1) is 0 Å². The van der Waals surface area contributed by atoms with Gasteiger partial charge in [0.15, 0.2) is 12.0 Å². The van der Waals surface area contributed by atoms with Gasteiger partial charge in [-0.15, -0.1) is 0 Å². The molecule has 17 heavy (non-hydrogen) atoms. The molecule has 0 saturated heterocycles. The van der Waals surface area contributed by atoms with E-state index >= 15 is 0 Å². The molecular weight excluding hydrogens is 218 g/mol. The lowest BCUT2D eigenvalue weighted by atomic mass is 10.0. The van der Waals surface area contributed by atoms with Crippen molar-refractivity contribution in [3.05, 3.63) is 45.1 Å². The third-order valence-electron chi connectivity index (χ3n) is 3.01. The van der Waals surface area contributed by atoms with Gasteiger partial charge in [-0.05, 0) is 25.5 Å². The highest BCUT2D eigenvalue weighted by Crippen LogP contribution is 2.31. The Morgan fingerprint density at radius 3 is 2.94 bits per heavy atom. The number of nitrogens with one attached hydrogen (secondary N) is 1. The summed E-state index contributed by atoms with van der Waals surface area (Å²) in [5, 5.41) is 0. The van der Waals surface area contributed by atoms with E-state index in [1.807, 2.05) is 19.9 Å². The minimum atomic E-state index is -0.155. The van der Waals surface area contributed by atoms with Crippen molar-refractivity contribution < 1.29 is 9.53 Å². The first-order chi connectivity index (χ1) is 8.15. The van der Waals surface area contributed by atoms with Crippen LogP contribution in [0.3, 0.4) is 0 Å². The molecule has 4 heteroatoms. The normalized spacial score (nSPS) is 18.7. The van der Waals surface area contributed by atoms with Crippen LogP contribution in [0.15, 0.2) is 22.7 Å². The van der Waals surface area contributed by atoms with E-state index in [9.17, 15) is 9.59 Å². The van der Waals surface area contributed by atoms with Crippen LogP contribution in [0.5, 0.6) is 0 Å². The molecule has 0 aromatic carbocycles. The van der Waals surface area contributed by atoms with Crippen LogP contribution < -0.4 is 5.56 Å². The van der Waals surface area contributed by atoms with E-state index in [0.717, 1.165) is 16.8 Å². The van der Waals surface area contributed by atoms with Crippen LogP contribution in [0, 0.1) is 6.92 Å². The number of H-pyrrole nitrogens is 1. The number of pyridine rings is 1. The van der Waals surface area contributed by atoms with E-state index in [4.69, 9.17) is 4.74 Å². The number of aromatic nitrogens is 1. The van der Waals surface area contributed by atoms with Crippen LogP contribution in [0.4, 0.5) is 0 Å². The first-order valence-corrected chi connectivity index (χ1v) is 5.70. The summed E-state index contributed by atoms with van der Waals surface area (Å²) in [4.78, 5) is 25.0. The number of rotatable bonds is 3. The Bertz CT molecular complexity index is 528. The molecule has 2 rings (SSSR count). The van der Waals surface area contributed by atoms with Crippen LogP contribution in [-0.2, 0) is 16.0 Å². The summed E-state index contributed by atoms with van der Waals surface area (Å²) >= 11 is 0. The largest absolute Gasteiger partial charge is 0.482 e. The van der Waals surface area contributed by atoms with Gasteiger partial charge in [-0.25, -0.2) is 0 Å². The minimum Gasteiger partial charge on any atom is -0.482 e. The van der Waals surface area contributed by atoms with E-state index in [1.165, 1.54) is 0 Å². The summed E-state index contributed by atoms with van der Waals surface area (Å²) in [6.07, 6.45) is 3.68. The summed E-state index contributed by atoms with van der Waals surface area (Å²) in [5.74, 6) is 0.374. The summed E-state index contributed by atoms with van der Waals surface area (Å²) < 4.78 is 5.49. The SMILES string of the molecule is CCc1cc(C2CC=C(C=O)O2)c(C)[nH]c1=O. The van der Waals surface area contributed by atoms with Gasteiger partial charge in [-0.3, -0.25) is 9.59 Å². The lowest BCUT2D eigenvalue weighted by Crippen LogP contribution is -2.16. The number of carbonyl (C=O) groups is 1. The van der Waals surface area contributed by atoms with E-state index in [0.29, 0.717) is 24.9 Å². The molecular formula is C13H15NO3. The maximum Gasteiger partial charge on any atom is 0.251 e. The topological polar surface area (TPSA) is 59.2 Å². The van der Waals surface area contributed by atoms with E-state index in [1.54, 1.807) is 6.08 Å². The van der Waals surface area contributed by atoms with Crippen LogP contribution in [0.1, 0.15) is 36.3 Å². The summed E-state index contributed by atoms with van der Waals surface area (Å²) in [6, 6.07) is 1.88. The highest BCUT2D eigenvalue weighted by Gasteiger charge is 2.22. The summed E-state index contributed by atoms with van der Waals surface area (Å²) in [7, 11) is 0. The van der Waals surface area contributed by atoms with Crippen LogP contribution in [0.2, 0.25) is 0 Å². The van der Waals surface area contributed by atoms with Gasteiger partial charge in [0.2, 0.25) is 0 Å². The van der Waals surface area contributed by atoms with Gasteiger partial charge in [-0.1, -0.05) is 6.92 Å². The number of aromatic amines is 1. The second-order valence-corrected chi connectivity index (χ2v) is 4.12. The van der Waals surface area contributed by atoms with Gasteiger partial charge < -0.3 is 9.72 Å². The number of allylic oxidation sites excluding steroid dienone is 1. The highest BCUT2D eigenvalue weighted by atomic mass is 16.5. The van der Waals surface area contributed by atoms with Gasteiger partial charge >= 0.3 is 0 Å². The van der Waals surface area contributed by atoms with Gasteiger partial charge in [-0.2, -0.15) is 0 Å². The Labute approximate surface area is 99.3 Å². The van der Waals surface area contributed by atoms with Crippen molar-refractivity contribution in [3.63, 3.8) is 0 Å². The molecule has 0 spiro atoms. The zero-order valence-corrected chi connectivity index (χ0v) is 9.95. The van der Waals surface area contributed by atoms with Crippen LogP contribution in [-0.4, -0.2) is 11.3 Å². The average molecular weight is 233 g/mol. The fourth-order valence-corrected chi connectivity index (χ4v) is 2.03. The first kappa shape index (κ1) is 11.6. The molecule has 2 heterocycles. The second-order valence-electron chi connectivity index (χ2n) is 4.12. The summed E-state index contributed by atoms with van der Waals surface area (Å²) in [6.45, 7) is 3.78. The molecule has 0 fully saturated rings. The number of hydrogen-bond donors (Lipinski definition) is 1. The Kier molecular flexibility index (Phi) is 3.13. The Balaban J connectivity index is 2.34. The van der Waals surface area contributed by atoms with E-state index < -0.39 is 0 Å². The number of carbonyl (C=O) groups excluding carboxylic acids is 1. The molecule has 1 atom stereocenters. The van der Waals surface area contributed by atoms with Gasteiger partial charge in [0.1, 0.15) is 6.10 Å². The molecule has 0 radical (unpaired) electrons. The Morgan fingerprint density at radius 2 is 2.35 bits per heavy atom. The van der Waals surface area contributed by atoms with Crippen molar-refractivity contribution in [1.82, 2.24) is 4.98 Å². The monoisotopic (exact) mass is 233 g/mol. The highest BCUT2D eigenvalue weighted by molar-refractivity contribution is 5.70. The predicted molar refractivity (Wildman–Crippen MR) is 63.8 cm³/mol. The fourth-order valence-electron chi connectivity index (χ4n) is 2.03. The molecule has 0 saturated carbocycles. The zero-order chi connectivity index (χ0) is 12.4. The molecule has 4 nitrogen and oxygen atoms in total. The quantitative estimate of drug-likeness (QED) is 0.810. The van der Waals surface area contributed by atoms with Crippen molar-refractivity contribution in [2.24, 2.45) is 0 Å². The maximum absolute atomic E-state index is 11.6. The Hall–Kier alpha value is -1.84. The van der Waals surface area contributed by atoms with Crippen molar-refractivity contribution in [2.45, 2.75) is 32.8 Å². The third-order valence-corrected chi connectivity index (χ3v) is 3.01. The smallest absolute Gasteiger partial charge is 0.251 e. The van der Waals surface area contributed by atoms with E-state index in [2.05, 4.69) is 4.98 Å². The number of aryl methyl sites for hydroxylation is 2. The minimum absolute atomic E-state index is 0.0460. The molecule has 1 N–H and O–H groups in total. The number of ether oxygens (including phenoxy) is 1. The van der Waals surface area contributed by atoms with Crippen molar-refractivity contribution in [3.8, 4) is 0 Å². The summed E-state index contributed by atoms with van der Waals surface area (Å²) in [5.41, 5.74) is 2.45. The molecule has 0 aliphatic carbocycles. The molecule has 0 amide bonds. The molecule has 1 aromatic rings. The van der Waals surface area contributed by atoms with Crippen LogP contribution >= 0.6 is 0 Å². The predicted octanol–water partition coefficient (Wildman–Crippen LogP) is 1.79. The molecule has 0 bridgehead atoms. The third kappa shape index (κ3) is 2.16. The molecule has 1 aliphatic heterocycles. The molecule has 1 aromatic heterocycles. The Morgan fingerprint density at radius 1 is 1.59 bits per heavy atom. The molecule has 1 aliphatic rings. The second kappa shape index (κ2) is 4.57. The maximum atomic E-state index is 11.6. The van der Waals surface area contributed by atoms with Crippen LogP contribution in [0.25, 0.3) is 0 Å². The van der Waals surface area contributed by atoms with E-state index in [-0.39, 0.29) is 11.7 Å². The standard InChI is InChI=1S/C13H15NO3/c1-3-9-6-11(8(2)14-13(9)16)12-5-4-10(7-15)17-12/h4,6-7,12H,3,5H2,1-2H3,(H,14,16). The molecule has 90 valence electrons. The number of hydrogen-bond acceptors (Lipinski definition) is 3. The fraction of sp³-hybridized carbons (Fsp3) is 0.385. The first-order valence-electron chi connectivity index (χ1n) is 5.70. The lowest BCUT2D eigenvalue weighted by molar-refractivity contribution is -0.108. The average Bonchev–Trinajstić information content (AvgIpc) is 2.78. The van der Waals surface area contributed by atoms with Crippen molar-refractivity contribution in [1.29, 1.82) is 0 Å². The van der Waals surface area contributed by atoms with Gasteiger partial charge in [0.25, 0.3) is 5.56 Å².